The summed E-state index contributed by atoms with van der Waals surface area (Å²) in [4.78, 5) is 38.9. The maximum absolute atomic E-state index is 12.4. The van der Waals surface area contributed by atoms with Crippen molar-refractivity contribution in [1.29, 1.82) is 0 Å². The van der Waals surface area contributed by atoms with Gasteiger partial charge in [0.1, 0.15) is 6.73 Å². The number of carbonyl (C=O) groups excluding carboxylic acids is 3. The molecule has 6 heteroatoms. The molecule has 22 heavy (non-hydrogen) atoms. The third kappa shape index (κ3) is 2.92. The van der Waals surface area contributed by atoms with E-state index in [2.05, 4.69) is 0 Å². The van der Waals surface area contributed by atoms with Crippen molar-refractivity contribution in [2.24, 2.45) is 5.41 Å². The molecule has 0 bridgehead atoms. The molecule has 3 amide bonds. The van der Waals surface area contributed by atoms with E-state index in [-0.39, 0.29) is 31.0 Å². The van der Waals surface area contributed by atoms with Crippen molar-refractivity contribution in [3.63, 3.8) is 0 Å². The fourth-order valence-electron chi connectivity index (χ4n) is 2.70. The predicted octanol–water partition coefficient (Wildman–Crippen LogP) is 1.31. The van der Waals surface area contributed by atoms with Crippen LogP contribution in [-0.2, 0) is 19.1 Å². The molecule has 6 nitrogen and oxygen atoms in total. The lowest BCUT2D eigenvalue weighted by Gasteiger charge is -2.49. The van der Waals surface area contributed by atoms with Gasteiger partial charge >= 0.3 is 0 Å². The fraction of sp³-hybridized carbons (Fsp3) is 0.688. The average Bonchev–Trinajstić information content (AvgIpc) is 2.65. The van der Waals surface area contributed by atoms with Gasteiger partial charge in [-0.2, -0.15) is 0 Å². The quantitative estimate of drug-likeness (QED) is 0.735. The summed E-state index contributed by atoms with van der Waals surface area (Å²) in [7, 11) is 0. The van der Waals surface area contributed by atoms with Crippen molar-refractivity contribution in [2.75, 3.05) is 19.9 Å². The van der Waals surface area contributed by atoms with Gasteiger partial charge in [0, 0.05) is 42.7 Å². The second kappa shape index (κ2) is 5.83. The zero-order valence-corrected chi connectivity index (χ0v) is 13.7. The van der Waals surface area contributed by atoms with Gasteiger partial charge in [-0.05, 0) is 20.3 Å². The van der Waals surface area contributed by atoms with E-state index >= 15 is 0 Å². The highest BCUT2D eigenvalue weighted by Crippen LogP contribution is 2.38. The van der Waals surface area contributed by atoms with Crippen molar-refractivity contribution in [3.05, 3.63) is 12.2 Å². The number of imide groups is 1. The smallest absolute Gasteiger partial charge is 0.253 e. The Morgan fingerprint density at radius 1 is 1.09 bits per heavy atom. The van der Waals surface area contributed by atoms with Crippen LogP contribution in [0.4, 0.5) is 0 Å². The molecule has 2 aliphatic rings. The van der Waals surface area contributed by atoms with Gasteiger partial charge in [-0.1, -0.05) is 13.8 Å². The van der Waals surface area contributed by atoms with Crippen molar-refractivity contribution in [3.8, 4) is 0 Å². The first-order valence-electron chi connectivity index (χ1n) is 7.58. The van der Waals surface area contributed by atoms with Crippen LogP contribution in [0.25, 0.3) is 0 Å². The minimum absolute atomic E-state index is 0.0489. The number of ether oxygens (including phenoxy) is 1. The number of rotatable bonds is 4. The van der Waals surface area contributed by atoms with E-state index in [1.807, 2.05) is 27.7 Å². The van der Waals surface area contributed by atoms with Crippen LogP contribution in [0.5, 0.6) is 0 Å². The molecule has 0 aliphatic carbocycles. The summed E-state index contributed by atoms with van der Waals surface area (Å²) in [5.41, 5.74) is -1.04. The van der Waals surface area contributed by atoms with E-state index in [0.717, 1.165) is 6.42 Å². The lowest BCUT2D eigenvalue weighted by atomic mass is 9.72. The van der Waals surface area contributed by atoms with Gasteiger partial charge < -0.3 is 9.64 Å². The van der Waals surface area contributed by atoms with Crippen LogP contribution in [0.15, 0.2) is 12.2 Å². The molecule has 0 aromatic rings. The molecular formula is C16H24N2O4. The fourth-order valence-corrected chi connectivity index (χ4v) is 2.70. The van der Waals surface area contributed by atoms with Crippen LogP contribution in [0.3, 0.4) is 0 Å². The maximum Gasteiger partial charge on any atom is 0.253 e. The van der Waals surface area contributed by atoms with Crippen LogP contribution in [0.1, 0.15) is 40.5 Å². The third-order valence-electron chi connectivity index (χ3n) is 4.99. The van der Waals surface area contributed by atoms with Crippen molar-refractivity contribution in [2.45, 2.75) is 46.1 Å². The summed E-state index contributed by atoms with van der Waals surface area (Å²) in [5.74, 6) is -0.549. The molecule has 1 saturated heterocycles. The lowest BCUT2D eigenvalue weighted by molar-refractivity contribution is -0.151. The molecule has 0 aromatic heterocycles. The van der Waals surface area contributed by atoms with Gasteiger partial charge in [0.15, 0.2) is 0 Å². The van der Waals surface area contributed by atoms with Crippen LogP contribution < -0.4 is 0 Å². The number of hydrogen-bond acceptors (Lipinski definition) is 4. The van der Waals surface area contributed by atoms with Crippen molar-refractivity contribution in [1.82, 2.24) is 9.80 Å². The van der Waals surface area contributed by atoms with Gasteiger partial charge in [0.2, 0.25) is 5.91 Å². The molecule has 0 unspecified atom stereocenters. The molecule has 2 rings (SSSR count). The minimum Gasteiger partial charge on any atom is -0.361 e. The molecule has 0 aromatic carbocycles. The molecule has 0 spiro atoms. The normalized spacial score (nSPS) is 20.8. The standard InChI is InChI=1S/C16H24N2O4/c1-15(2,10-17-12(19)7-8-13(17)20)16(3,4)18-11-22-9-5-6-14(18)21/h7-8H,5-6,9-11H2,1-4H3. The number of hydrogen-bond donors (Lipinski definition) is 0. The monoisotopic (exact) mass is 308 g/mol. The molecule has 2 heterocycles. The SMILES string of the molecule is CC(C)(CN1C(=O)C=CC1=O)C(C)(C)N1COCCCC1=O. The highest BCUT2D eigenvalue weighted by atomic mass is 16.5. The molecule has 0 atom stereocenters. The highest BCUT2D eigenvalue weighted by Gasteiger charge is 2.46. The highest BCUT2D eigenvalue weighted by molar-refractivity contribution is 6.12. The Morgan fingerprint density at radius 3 is 2.27 bits per heavy atom. The second-order valence-electron chi connectivity index (χ2n) is 7.00. The summed E-state index contributed by atoms with van der Waals surface area (Å²) in [6.45, 7) is 8.92. The van der Waals surface area contributed by atoms with Gasteiger partial charge in [-0.15, -0.1) is 0 Å². The Labute approximate surface area is 131 Å². The largest absolute Gasteiger partial charge is 0.361 e. The Bertz CT molecular complexity index is 504. The third-order valence-corrected chi connectivity index (χ3v) is 4.99. The van der Waals surface area contributed by atoms with Crippen molar-refractivity contribution < 1.29 is 19.1 Å². The van der Waals surface area contributed by atoms with Gasteiger partial charge in [0.25, 0.3) is 11.8 Å². The first-order chi connectivity index (χ1) is 10.2. The summed E-state index contributed by atoms with van der Waals surface area (Å²) in [6, 6.07) is 0. The topological polar surface area (TPSA) is 66.9 Å². The molecule has 2 aliphatic heterocycles. The van der Waals surface area contributed by atoms with Crippen LogP contribution >= 0.6 is 0 Å². The zero-order valence-electron chi connectivity index (χ0n) is 13.7. The van der Waals surface area contributed by atoms with E-state index < -0.39 is 11.0 Å². The first-order valence-corrected chi connectivity index (χ1v) is 7.58. The Balaban J connectivity index is 2.20. The van der Waals surface area contributed by atoms with E-state index in [4.69, 9.17) is 4.74 Å². The van der Waals surface area contributed by atoms with Gasteiger partial charge in [0.05, 0.1) is 0 Å². The lowest BCUT2D eigenvalue weighted by Crippen LogP contribution is -2.60. The number of amides is 3. The maximum atomic E-state index is 12.4. The summed E-state index contributed by atoms with van der Waals surface area (Å²) < 4.78 is 5.52. The van der Waals surface area contributed by atoms with Crippen LogP contribution in [0, 0.1) is 5.41 Å². The molecule has 1 fully saturated rings. The summed E-state index contributed by atoms with van der Waals surface area (Å²) >= 11 is 0. The van der Waals surface area contributed by atoms with E-state index in [1.165, 1.54) is 17.1 Å². The van der Waals surface area contributed by atoms with E-state index in [0.29, 0.717) is 13.0 Å². The molecular weight excluding hydrogens is 284 g/mol. The Morgan fingerprint density at radius 2 is 1.68 bits per heavy atom. The summed E-state index contributed by atoms with van der Waals surface area (Å²) in [6.07, 6.45) is 3.75. The summed E-state index contributed by atoms with van der Waals surface area (Å²) in [5, 5.41) is 0. The Hall–Kier alpha value is -1.69. The second-order valence-corrected chi connectivity index (χ2v) is 7.00. The molecule has 0 N–H and O–H groups in total. The molecule has 122 valence electrons. The van der Waals surface area contributed by atoms with Crippen molar-refractivity contribution >= 4 is 17.7 Å². The predicted molar refractivity (Wildman–Crippen MR) is 80.6 cm³/mol. The Kier molecular flexibility index (Phi) is 4.42. The van der Waals surface area contributed by atoms with E-state index in [9.17, 15) is 14.4 Å². The van der Waals surface area contributed by atoms with E-state index in [1.54, 1.807) is 4.90 Å². The molecule has 0 saturated carbocycles. The van der Waals surface area contributed by atoms with Gasteiger partial charge in [-0.25, -0.2) is 0 Å². The number of nitrogens with zero attached hydrogens (tertiary/aromatic N) is 2. The number of carbonyl (C=O) groups is 3. The zero-order chi connectivity index (χ0) is 16.5. The van der Waals surface area contributed by atoms with Crippen LogP contribution in [0.2, 0.25) is 0 Å². The van der Waals surface area contributed by atoms with Crippen LogP contribution in [-0.4, -0.2) is 52.9 Å². The molecule has 0 radical (unpaired) electrons. The van der Waals surface area contributed by atoms with Gasteiger partial charge in [-0.3, -0.25) is 19.3 Å². The average molecular weight is 308 g/mol. The first kappa shape index (κ1) is 16.7. The minimum atomic E-state index is -0.558.